The molecule has 0 saturated heterocycles. The zero-order chi connectivity index (χ0) is 13.0. The maximum Gasteiger partial charge on any atom is 0.138 e. The normalized spacial score (nSPS) is 13.8. The molecule has 2 rings (SSSR count). The first-order valence-corrected chi connectivity index (χ1v) is 8.05. The Hall–Kier alpha value is -0.880. The van der Waals surface area contributed by atoms with E-state index in [9.17, 15) is 0 Å². The zero-order valence-corrected chi connectivity index (χ0v) is 13.1. The monoisotopic (exact) mass is 376 g/mol. The van der Waals surface area contributed by atoms with Crippen molar-refractivity contribution in [3.05, 3.63) is 45.2 Å². The Bertz CT molecular complexity index is 524. The molecule has 1 aromatic carbocycles. The van der Waals surface area contributed by atoms with Gasteiger partial charge in [0.15, 0.2) is 0 Å². The lowest BCUT2D eigenvalue weighted by molar-refractivity contribution is 0.351. The summed E-state index contributed by atoms with van der Waals surface area (Å²) in [6, 6.07) is 5.78. The number of hydrogen-bond donors (Lipinski definition) is 0. The lowest BCUT2D eigenvalue weighted by atomic mass is 10.3. The summed E-state index contributed by atoms with van der Waals surface area (Å²) in [6.07, 6.45) is 4.01. The van der Waals surface area contributed by atoms with Crippen molar-refractivity contribution in [3.63, 3.8) is 0 Å². The molecule has 0 amide bonds. The van der Waals surface area contributed by atoms with E-state index in [0.29, 0.717) is 17.4 Å². The Morgan fingerprint density at radius 2 is 2.22 bits per heavy atom. The predicted octanol–water partition coefficient (Wildman–Crippen LogP) is 4.35. The van der Waals surface area contributed by atoms with Crippen LogP contribution in [-0.4, -0.2) is 20.7 Å². The van der Waals surface area contributed by atoms with Gasteiger partial charge in [-0.15, -0.1) is 0 Å². The summed E-state index contributed by atoms with van der Waals surface area (Å²) in [5, 5.41) is 0.628. The van der Waals surface area contributed by atoms with E-state index < -0.39 is 0 Å². The average Bonchev–Trinajstić information content (AvgIpc) is 2.38. The largest absolute Gasteiger partial charge is 0.486 e. The van der Waals surface area contributed by atoms with Gasteiger partial charge in [-0.25, -0.2) is 3.15 Å². The van der Waals surface area contributed by atoms with Crippen molar-refractivity contribution in [1.82, 2.24) is 0 Å². The minimum absolute atomic E-state index is 0.174. The molecular weight excluding hydrogens is 363 g/mol. The summed E-state index contributed by atoms with van der Waals surface area (Å²) in [5.74, 6) is 0.700. The second-order valence-electron chi connectivity index (χ2n) is 3.96. The first-order chi connectivity index (χ1) is 8.66. The molecule has 0 spiro atoms. The van der Waals surface area contributed by atoms with E-state index in [1.54, 1.807) is 0 Å². The van der Waals surface area contributed by atoms with Gasteiger partial charge in [0.1, 0.15) is 12.4 Å². The number of allylic oxidation sites excluding steroid dienone is 2. The molecule has 0 unspecified atom stereocenters. The minimum atomic E-state index is -0.174. The third-order valence-electron chi connectivity index (χ3n) is 2.38. The van der Waals surface area contributed by atoms with E-state index in [-0.39, 0.29) is 21.0 Å². The molecule has 1 aliphatic heterocycles. The Labute approximate surface area is 122 Å². The van der Waals surface area contributed by atoms with Crippen LogP contribution in [0.3, 0.4) is 0 Å². The third kappa shape index (κ3) is 3.55. The highest BCUT2D eigenvalue weighted by Crippen LogP contribution is 2.29. The third-order valence-corrected chi connectivity index (χ3v) is 4.31. The predicted molar refractivity (Wildman–Crippen MR) is 84.9 cm³/mol. The standard InChI is InChI=1S/C13H14ClIN2O/c1-17(2)11-5-6-13(12(14)8-11)18-9-10-4-3-7-15-16-10/h3-8H,9H2,1-2H3. The molecule has 0 atom stereocenters. The van der Waals surface area contributed by atoms with Crippen LogP contribution in [0.2, 0.25) is 5.02 Å². The molecular formula is C13H14ClIN2O. The van der Waals surface area contributed by atoms with Crippen LogP contribution in [0.5, 0.6) is 5.75 Å². The fraction of sp³-hybridized carbons (Fsp3) is 0.231. The van der Waals surface area contributed by atoms with Gasteiger partial charge in [0.2, 0.25) is 0 Å². The van der Waals surface area contributed by atoms with Crippen molar-refractivity contribution in [1.29, 1.82) is 0 Å². The van der Waals surface area contributed by atoms with Crippen LogP contribution in [0.25, 0.3) is 0 Å². The van der Waals surface area contributed by atoms with E-state index >= 15 is 0 Å². The van der Waals surface area contributed by atoms with Gasteiger partial charge >= 0.3 is 0 Å². The zero-order valence-electron chi connectivity index (χ0n) is 10.2. The van der Waals surface area contributed by atoms with Gasteiger partial charge < -0.3 is 9.64 Å². The van der Waals surface area contributed by atoms with E-state index in [1.165, 1.54) is 0 Å². The van der Waals surface area contributed by atoms with E-state index in [2.05, 4.69) is 7.23 Å². The Kier molecular flexibility index (Phi) is 4.77. The SMILES string of the molecule is CN(C)c1ccc(OCC2=CC=CI=N2)c(Cl)c1. The van der Waals surface area contributed by atoms with Gasteiger partial charge in [0.05, 0.1) is 10.7 Å². The van der Waals surface area contributed by atoms with Crippen LogP contribution in [-0.2, 0) is 0 Å². The van der Waals surface area contributed by atoms with Crippen molar-refractivity contribution in [3.8, 4) is 5.75 Å². The Balaban J connectivity index is 2.04. The van der Waals surface area contributed by atoms with E-state index in [1.807, 2.05) is 49.3 Å². The van der Waals surface area contributed by atoms with E-state index in [0.717, 1.165) is 11.4 Å². The molecule has 96 valence electrons. The Morgan fingerprint density at radius 1 is 1.39 bits per heavy atom. The van der Waals surface area contributed by atoms with Gasteiger partial charge in [0, 0.05) is 40.8 Å². The molecule has 5 heteroatoms. The van der Waals surface area contributed by atoms with Gasteiger partial charge in [-0.1, -0.05) is 17.7 Å². The second-order valence-corrected chi connectivity index (χ2v) is 6.12. The van der Waals surface area contributed by atoms with Crippen LogP contribution in [0.4, 0.5) is 5.69 Å². The van der Waals surface area contributed by atoms with Crippen LogP contribution in [0, 0.1) is 0 Å². The highest BCUT2D eigenvalue weighted by Gasteiger charge is 2.05. The molecule has 1 aliphatic rings. The molecule has 1 aromatic rings. The fourth-order valence-corrected chi connectivity index (χ4v) is 2.85. The molecule has 0 aromatic heterocycles. The first kappa shape index (κ1) is 13.5. The first-order valence-electron chi connectivity index (χ1n) is 5.46. The summed E-state index contributed by atoms with van der Waals surface area (Å²) in [7, 11) is 3.96. The van der Waals surface area contributed by atoms with E-state index in [4.69, 9.17) is 16.3 Å². The number of rotatable bonds is 4. The highest BCUT2D eigenvalue weighted by atomic mass is 127. The maximum absolute atomic E-state index is 6.18. The van der Waals surface area contributed by atoms with Gasteiger partial charge in [-0.3, -0.25) is 0 Å². The number of anilines is 1. The van der Waals surface area contributed by atoms with Crippen LogP contribution >= 0.6 is 32.6 Å². The molecule has 0 aliphatic carbocycles. The highest BCUT2D eigenvalue weighted by molar-refractivity contribution is 14.2. The van der Waals surface area contributed by atoms with Crippen LogP contribution in [0.1, 0.15) is 0 Å². The molecule has 0 fully saturated rings. The molecule has 0 radical (unpaired) electrons. The van der Waals surface area contributed by atoms with Crippen LogP contribution < -0.4 is 9.64 Å². The van der Waals surface area contributed by atoms with Gasteiger partial charge in [-0.2, -0.15) is 0 Å². The van der Waals surface area contributed by atoms with Crippen molar-refractivity contribution < 1.29 is 4.74 Å². The average molecular weight is 377 g/mol. The topological polar surface area (TPSA) is 24.8 Å². The molecule has 1 heterocycles. The molecule has 0 N–H and O–H groups in total. The number of hydrogen-bond acceptors (Lipinski definition) is 3. The number of benzene rings is 1. The van der Waals surface area contributed by atoms with Crippen molar-refractivity contribution in [2.24, 2.45) is 3.15 Å². The maximum atomic E-state index is 6.18. The lowest BCUT2D eigenvalue weighted by Crippen LogP contribution is -2.08. The Morgan fingerprint density at radius 3 is 2.83 bits per heavy atom. The van der Waals surface area contributed by atoms with Gasteiger partial charge in [0.25, 0.3) is 0 Å². The summed E-state index contributed by atoms with van der Waals surface area (Å²) in [5.41, 5.74) is 2.04. The summed E-state index contributed by atoms with van der Waals surface area (Å²) < 4.78 is 12.2. The number of nitrogens with zero attached hydrogens (tertiary/aromatic N) is 2. The molecule has 3 nitrogen and oxygen atoms in total. The molecule has 0 saturated carbocycles. The number of ether oxygens (including phenoxy) is 1. The smallest absolute Gasteiger partial charge is 0.138 e. The molecule has 18 heavy (non-hydrogen) atoms. The number of halogens is 2. The fourth-order valence-electron chi connectivity index (χ4n) is 1.41. The van der Waals surface area contributed by atoms with Crippen molar-refractivity contribution in [2.45, 2.75) is 0 Å². The van der Waals surface area contributed by atoms with Crippen molar-refractivity contribution in [2.75, 3.05) is 25.6 Å². The van der Waals surface area contributed by atoms with Gasteiger partial charge in [-0.05, 0) is 28.4 Å². The lowest BCUT2D eigenvalue weighted by Gasteiger charge is -2.14. The minimum Gasteiger partial charge on any atom is -0.486 e. The second kappa shape index (κ2) is 6.33. The molecule has 0 bridgehead atoms. The van der Waals surface area contributed by atoms with Crippen molar-refractivity contribution >= 4 is 38.3 Å². The summed E-state index contributed by atoms with van der Waals surface area (Å²) >= 11 is 6.01. The quantitative estimate of drug-likeness (QED) is 0.730. The van der Waals surface area contributed by atoms with Crippen LogP contribution in [0.15, 0.2) is 43.3 Å². The summed E-state index contributed by atoms with van der Waals surface area (Å²) in [4.78, 5) is 2.00. The summed E-state index contributed by atoms with van der Waals surface area (Å²) in [6.45, 7) is 0.477.